The monoisotopic (exact) mass is 395 g/mol. The van der Waals surface area contributed by atoms with Crippen molar-refractivity contribution in [3.63, 3.8) is 0 Å². The van der Waals surface area contributed by atoms with Crippen molar-refractivity contribution >= 4 is 29.3 Å². The molecule has 0 aliphatic carbocycles. The third-order valence-corrected chi connectivity index (χ3v) is 5.58. The third kappa shape index (κ3) is 3.92. The summed E-state index contributed by atoms with van der Waals surface area (Å²) in [6, 6.07) is 15.1. The Morgan fingerprint density at radius 1 is 1.29 bits per heavy atom. The summed E-state index contributed by atoms with van der Waals surface area (Å²) in [6.07, 6.45) is 0.457. The van der Waals surface area contributed by atoms with Crippen LogP contribution in [-0.4, -0.2) is 24.1 Å². The standard InChI is InChI=1S/C21H18FN3O2S/c1-13-4-3-5-14(10-13)11-18-20(27)25(16-8-6-15(22)7-9-16)21(28-18)17(12-23)19(26)24-2/h3-10,18H,11H2,1-2H3,(H,24,26). The van der Waals surface area contributed by atoms with Crippen LogP contribution >= 0.6 is 11.8 Å². The fourth-order valence-electron chi connectivity index (χ4n) is 2.99. The lowest BCUT2D eigenvalue weighted by Gasteiger charge is -2.18. The minimum atomic E-state index is -0.568. The molecule has 1 N–H and O–H groups in total. The van der Waals surface area contributed by atoms with Crippen LogP contribution in [0.2, 0.25) is 0 Å². The molecule has 1 heterocycles. The minimum absolute atomic E-state index is 0.142. The van der Waals surface area contributed by atoms with Gasteiger partial charge in [0.2, 0.25) is 5.91 Å². The molecule has 3 rings (SSSR count). The quantitative estimate of drug-likeness (QED) is 0.637. The van der Waals surface area contributed by atoms with E-state index < -0.39 is 17.0 Å². The maximum absolute atomic E-state index is 13.3. The lowest BCUT2D eigenvalue weighted by Crippen LogP contribution is -2.31. The van der Waals surface area contributed by atoms with Crippen LogP contribution in [0.15, 0.2) is 59.1 Å². The first-order valence-corrected chi connectivity index (χ1v) is 9.50. The van der Waals surface area contributed by atoms with E-state index >= 15 is 0 Å². The molecule has 1 atom stereocenters. The fraction of sp³-hybridized carbons (Fsp3) is 0.190. The maximum atomic E-state index is 13.3. The van der Waals surface area contributed by atoms with Crippen molar-refractivity contribution < 1.29 is 14.0 Å². The number of thioether (sulfide) groups is 1. The zero-order valence-electron chi connectivity index (χ0n) is 15.4. The summed E-state index contributed by atoms with van der Waals surface area (Å²) in [6.45, 7) is 1.97. The predicted octanol–water partition coefficient (Wildman–Crippen LogP) is 3.31. The number of nitriles is 1. The van der Waals surface area contributed by atoms with Gasteiger partial charge in [0.15, 0.2) is 0 Å². The highest BCUT2D eigenvalue weighted by Crippen LogP contribution is 2.41. The number of carbonyl (C=O) groups excluding carboxylic acids is 2. The molecule has 1 fully saturated rings. The van der Waals surface area contributed by atoms with Gasteiger partial charge in [-0.05, 0) is 43.2 Å². The number of hydrogen-bond acceptors (Lipinski definition) is 4. The summed E-state index contributed by atoms with van der Waals surface area (Å²) in [5.74, 6) is -1.25. The van der Waals surface area contributed by atoms with Crippen LogP contribution < -0.4 is 10.2 Å². The lowest BCUT2D eigenvalue weighted by atomic mass is 10.1. The number of likely N-dealkylation sites (N-methyl/N-ethyl adjacent to an activating group) is 1. The van der Waals surface area contributed by atoms with Gasteiger partial charge in [0.05, 0.1) is 5.25 Å². The number of hydrogen-bond donors (Lipinski definition) is 1. The molecule has 2 amide bonds. The summed E-state index contributed by atoms with van der Waals surface area (Å²) in [5, 5.41) is 11.7. The molecule has 1 unspecified atom stereocenters. The molecule has 2 aromatic carbocycles. The number of rotatable bonds is 4. The van der Waals surface area contributed by atoms with Crippen molar-refractivity contribution in [1.29, 1.82) is 5.26 Å². The average molecular weight is 395 g/mol. The molecule has 1 saturated heterocycles. The number of halogens is 1. The van der Waals surface area contributed by atoms with Crippen LogP contribution in [0.1, 0.15) is 11.1 Å². The predicted molar refractivity (Wildman–Crippen MR) is 107 cm³/mol. The molecule has 2 aromatic rings. The Labute approximate surface area is 166 Å². The Bertz CT molecular complexity index is 995. The molecular formula is C21H18FN3O2S. The molecule has 142 valence electrons. The van der Waals surface area contributed by atoms with Crippen LogP contribution in [-0.2, 0) is 16.0 Å². The van der Waals surface area contributed by atoms with Crippen molar-refractivity contribution in [2.24, 2.45) is 0 Å². The first-order chi connectivity index (χ1) is 13.4. The van der Waals surface area contributed by atoms with Crippen molar-refractivity contribution in [1.82, 2.24) is 5.32 Å². The topological polar surface area (TPSA) is 73.2 Å². The molecule has 0 spiro atoms. The van der Waals surface area contributed by atoms with Crippen LogP contribution in [0.5, 0.6) is 0 Å². The molecule has 28 heavy (non-hydrogen) atoms. The molecule has 1 aliphatic rings. The SMILES string of the molecule is CNC(=O)C(C#N)=C1SC(Cc2cccc(C)c2)C(=O)N1c1ccc(F)cc1. The highest BCUT2D eigenvalue weighted by atomic mass is 32.2. The minimum Gasteiger partial charge on any atom is -0.354 e. The molecule has 0 radical (unpaired) electrons. The first-order valence-electron chi connectivity index (χ1n) is 8.62. The van der Waals surface area contributed by atoms with E-state index in [0.29, 0.717) is 12.1 Å². The van der Waals surface area contributed by atoms with E-state index in [1.807, 2.05) is 37.3 Å². The van der Waals surface area contributed by atoms with Crippen LogP contribution in [0, 0.1) is 24.1 Å². The van der Waals surface area contributed by atoms with Gasteiger partial charge in [-0.1, -0.05) is 41.6 Å². The van der Waals surface area contributed by atoms with Crippen LogP contribution in [0.3, 0.4) is 0 Å². The second-order valence-electron chi connectivity index (χ2n) is 6.32. The highest BCUT2D eigenvalue weighted by Gasteiger charge is 2.40. The zero-order valence-corrected chi connectivity index (χ0v) is 16.2. The van der Waals surface area contributed by atoms with E-state index in [-0.39, 0.29) is 16.5 Å². The van der Waals surface area contributed by atoms with Crippen molar-refractivity contribution in [2.75, 3.05) is 11.9 Å². The fourth-order valence-corrected chi connectivity index (χ4v) is 4.30. The second kappa shape index (κ2) is 8.28. The molecule has 1 aliphatic heterocycles. The Kier molecular flexibility index (Phi) is 5.81. The Morgan fingerprint density at radius 3 is 2.61 bits per heavy atom. The maximum Gasteiger partial charge on any atom is 0.264 e. The number of carbonyl (C=O) groups is 2. The van der Waals surface area contributed by atoms with Crippen molar-refractivity contribution in [3.05, 3.63) is 76.1 Å². The smallest absolute Gasteiger partial charge is 0.264 e. The molecular weight excluding hydrogens is 377 g/mol. The molecule has 5 nitrogen and oxygen atoms in total. The molecule has 0 aromatic heterocycles. The summed E-state index contributed by atoms with van der Waals surface area (Å²) in [5.41, 5.74) is 2.35. The zero-order chi connectivity index (χ0) is 20.3. The number of aryl methyl sites for hydroxylation is 1. The number of benzene rings is 2. The van der Waals surface area contributed by atoms with E-state index in [0.717, 1.165) is 11.1 Å². The van der Waals surface area contributed by atoms with Gasteiger partial charge >= 0.3 is 0 Å². The average Bonchev–Trinajstić information content (AvgIpc) is 2.99. The van der Waals surface area contributed by atoms with Gasteiger partial charge in [0.1, 0.15) is 22.5 Å². The highest BCUT2D eigenvalue weighted by molar-refractivity contribution is 8.05. The number of amides is 2. The Hall–Kier alpha value is -3.11. The van der Waals surface area contributed by atoms with E-state index in [4.69, 9.17) is 0 Å². The molecule has 0 saturated carbocycles. The summed E-state index contributed by atoms with van der Waals surface area (Å²) in [4.78, 5) is 26.7. The van der Waals surface area contributed by atoms with Crippen LogP contribution in [0.25, 0.3) is 0 Å². The van der Waals surface area contributed by atoms with Crippen molar-refractivity contribution in [2.45, 2.75) is 18.6 Å². The Balaban J connectivity index is 2.04. The number of nitrogens with zero attached hydrogens (tertiary/aromatic N) is 2. The number of nitrogens with one attached hydrogen (secondary N) is 1. The van der Waals surface area contributed by atoms with Gasteiger partial charge in [-0.15, -0.1) is 0 Å². The van der Waals surface area contributed by atoms with Gasteiger partial charge in [-0.2, -0.15) is 5.26 Å². The summed E-state index contributed by atoms with van der Waals surface area (Å²) >= 11 is 1.18. The van der Waals surface area contributed by atoms with E-state index in [1.54, 1.807) is 0 Å². The van der Waals surface area contributed by atoms with Gasteiger partial charge in [-0.25, -0.2) is 4.39 Å². The first kappa shape index (κ1) is 19.6. The number of anilines is 1. The van der Waals surface area contributed by atoms with Gasteiger partial charge < -0.3 is 5.32 Å². The Morgan fingerprint density at radius 2 is 2.00 bits per heavy atom. The normalized spacial score (nSPS) is 18.0. The van der Waals surface area contributed by atoms with Gasteiger partial charge in [-0.3, -0.25) is 14.5 Å². The van der Waals surface area contributed by atoms with Crippen molar-refractivity contribution in [3.8, 4) is 6.07 Å². The molecule has 7 heteroatoms. The van der Waals surface area contributed by atoms with Gasteiger partial charge in [0.25, 0.3) is 5.91 Å². The second-order valence-corrected chi connectivity index (χ2v) is 7.51. The third-order valence-electron chi connectivity index (χ3n) is 4.32. The molecule has 0 bridgehead atoms. The largest absolute Gasteiger partial charge is 0.354 e. The lowest BCUT2D eigenvalue weighted by molar-refractivity contribution is -0.117. The summed E-state index contributed by atoms with van der Waals surface area (Å²) in [7, 11) is 1.42. The van der Waals surface area contributed by atoms with Gasteiger partial charge in [0, 0.05) is 12.7 Å². The van der Waals surface area contributed by atoms with E-state index in [1.165, 1.54) is 48.0 Å². The summed E-state index contributed by atoms with van der Waals surface area (Å²) < 4.78 is 13.3. The van der Waals surface area contributed by atoms with E-state index in [9.17, 15) is 19.2 Å². The van der Waals surface area contributed by atoms with E-state index in [2.05, 4.69) is 5.32 Å². The van der Waals surface area contributed by atoms with Crippen LogP contribution in [0.4, 0.5) is 10.1 Å².